The van der Waals surface area contributed by atoms with Gasteiger partial charge in [-0.25, -0.2) is 15.8 Å². The van der Waals surface area contributed by atoms with Crippen molar-refractivity contribution in [2.45, 2.75) is 19.9 Å². The van der Waals surface area contributed by atoms with Gasteiger partial charge >= 0.3 is 0 Å². The lowest BCUT2D eigenvalue weighted by atomic mass is 10.2. The maximum absolute atomic E-state index is 5.47. The molecule has 0 amide bonds. The molecule has 0 unspecified atom stereocenters. The molecule has 1 aromatic heterocycles. The molecule has 7 nitrogen and oxygen atoms in total. The molecule has 110 valence electrons. The van der Waals surface area contributed by atoms with Crippen molar-refractivity contribution in [3.8, 4) is 11.5 Å². The smallest absolute Gasteiger partial charge is 0.231 e. The molecule has 3 rings (SSSR count). The lowest BCUT2D eigenvalue weighted by Gasteiger charge is -2.12. The number of nitrogen functional groups attached to an aromatic ring is 1. The number of hydrazine groups is 1. The van der Waals surface area contributed by atoms with Gasteiger partial charge < -0.3 is 20.2 Å². The van der Waals surface area contributed by atoms with Crippen molar-refractivity contribution >= 4 is 11.6 Å². The topological polar surface area (TPSA) is 94.3 Å². The zero-order valence-corrected chi connectivity index (χ0v) is 11.7. The van der Waals surface area contributed by atoms with Crippen LogP contribution in [0.25, 0.3) is 0 Å². The van der Waals surface area contributed by atoms with Gasteiger partial charge in [0.25, 0.3) is 0 Å². The van der Waals surface area contributed by atoms with Crippen molar-refractivity contribution < 1.29 is 9.47 Å². The zero-order chi connectivity index (χ0) is 14.7. The van der Waals surface area contributed by atoms with E-state index in [4.69, 9.17) is 15.3 Å². The molecule has 1 aliphatic heterocycles. The van der Waals surface area contributed by atoms with Gasteiger partial charge in [-0.05, 0) is 24.1 Å². The lowest BCUT2D eigenvalue weighted by molar-refractivity contribution is 0.174. The first-order valence-electron chi connectivity index (χ1n) is 6.74. The first kappa shape index (κ1) is 13.4. The zero-order valence-electron chi connectivity index (χ0n) is 11.7. The van der Waals surface area contributed by atoms with E-state index in [9.17, 15) is 0 Å². The first-order valence-corrected chi connectivity index (χ1v) is 6.74. The SMILES string of the molecule is CCc1c(NN)ncnc1NCc1ccc2c(c1)OCO2. The Hall–Kier alpha value is -2.54. The average molecular weight is 287 g/mol. The molecule has 1 aromatic carbocycles. The number of benzene rings is 1. The molecular weight excluding hydrogens is 270 g/mol. The van der Waals surface area contributed by atoms with E-state index in [0.29, 0.717) is 12.4 Å². The molecule has 0 saturated carbocycles. The Labute approximate surface area is 122 Å². The number of rotatable bonds is 5. The minimum absolute atomic E-state index is 0.281. The molecule has 0 spiro atoms. The van der Waals surface area contributed by atoms with Crippen molar-refractivity contribution in [1.82, 2.24) is 9.97 Å². The largest absolute Gasteiger partial charge is 0.454 e. The van der Waals surface area contributed by atoms with Crippen LogP contribution in [-0.2, 0) is 13.0 Å². The molecule has 2 heterocycles. The van der Waals surface area contributed by atoms with Crippen molar-refractivity contribution in [3.05, 3.63) is 35.7 Å². The Morgan fingerprint density at radius 1 is 1.19 bits per heavy atom. The molecule has 7 heteroatoms. The standard InChI is InChI=1S/C14H17N5O2/c1-2-10-13(17-7-18-14(10)19-15)16-6-9-3-4-11-12(5-9)21-8-20-11/h3-5,7H,2,6,8,15H2,1H3,(H2,16,17,18,19). The second kappa shape index (κ2) is 5.84. The molecule has 0 radical (unpaired) electrons. The van der Waals surface area contributed by atoms with Crippen LogP contribution >= 0.6 is 0 Å². The van der Waals surface area contributed by atoms with E-state index in [1.54, 1.807) is 0 Å². The third-order valence-electron chi connectivity index (χ3n) is 3.33. The van der Waals surface area contributed by atoms with Gasteiger partial charge in [-0.15, -0.1) is 0 Å². The van der Waals surface area contributed by atoms with Crippen LogP contribution in [0.3, 0.4) is 0 Å². The molecule has 21 heavy (non-hydrogen) atoms. The van der Waals surface area contributed by atoms with Gasteiger partial charge in [0.1, 0.15) is 18.0 Å². The van der Waals surface area contributed by atoms with Crippen LogP contribution in [0.1, 0.15) is 18.1 Å². The fourth-order valence-electron chi connectivity index (χ4n) is 2.26. The molecule has 4 N–H and O–H groups in total. The molecule has 0 aliphatic carbocycles. The van der Waals surface area contributed by atoms with E-state index in [1.807, 2.05) is 25.1 Å². The van der Waals surface area contributed by atoms with E-state index < -0.39 is 0 Å². The van der Waals surface area contributed by atoms with Crippen LogP contribution in [0.4, 0.5) is 11.6 Å². The predicted molar refractivity (Wildman–Crippen MR) is 79.1 cm³/mol. The molecule has 1 aliphatic rings. The Bertz CT molecular complexity index is 647. The van der Waals surface area contributed by atoms with Crippen molar-refractivity contribution in [2.24, 2.45) is 5.84 Å². The minimum Gasteiger partial charge on any atom is -0.454 e. The average Bonchev–Trinajstić information content (AvgIpc) is 2.99. The number of nitrogens with zero attached hydrogens (tertiary/aromatic N) is 2. The Balaban J connectivity index is 1.76. The van der Waals surface area contributed by atoms with Gasteiger partial charge in [0.05, 0.1) is 0 Å². The van der Waals surface area contributed by atoms with Crippen molar-refractivity contribution in [2.75, 3.05) is 17.5 Å². The summed E-state index contributed by atoms with van der Waals surface area (Å²) in [5.74, 6) is 8.44. The highest BCUT2D eigenvalue weighted by Gasteiger charge is 2.13. The van der Waals surface area contributed by atoms with Crippen LogP contribution in [-0.4, -0.2) is 16.8 Å². The van der Waals surface area contributed by atoms with Gasteiger partial charge in [-0.3, -0.25) is 0 Å². The van der Waals surface area contributed by atoms with Crippen LogP contribution in [0.2, 0.25) is 0 Å². The molecule has 0 atom stereocenters. The summed E-state index contributed by atoms with van der Waals surface area (Å²) in [6.45, 7) is 2.94. The highest BCUT2D eigenvalue weighted by molar-refractivity contribution is 5.57. The Morgan fingerprint density at radius 3 is 2.81 bits per heavy atom. The maximum Gasteiger partial charge on any atom is 0.231 e. The lowest BCUT2D eigenvalue weighted by Crippen LogP contribution is -2.14. The second-order valence-corrected chi connectivity index (χ2v) is 4.59. The summed E-state index contributed by atoms with van der Waals surface area (Å²) in [5, 5.41) is 3.30. The van der Waals surface area contributed by atoms with Crippen molar-refractivity contribution in [1.29, 1.82) is 0 Å². The van der Waals surface area contributed by atoms with Crippen LogP contribution in [0, 0.1) is 0 Å². The molecule has 2 aromatic rings. The van der Waals surface area contributed by atoms with Gasteiger partial charge in [-0.1, -0.05) is 13.0 Å². The third kappa shape index (κ3) is 2.68. The van der Waals surface area contributed by atoms with Crippen LogP contribution in [0.15, 0.2) is 24.5 Å². The highest BCUT2D eigenvalue weighted by Crippen LogP contribution is 2.32. The van der Waals surface area contributed by atoms with E-state index in [2.05, 4.69) is 20.7 Å². The normalized spacial score (nSPS) is 12.3. The summed E-state index contributed by atoms with van der Waals surface area (Å²) in [6, 6.07) is 5.87. The number of anilines is 2. The van der Waals surface area contributed by atoms with Gasteiger partial charge in [-0.2, -0.15) is 0 Å². The van der Waals surface area contributed by atoms with Crippen LogP contribution < -0.4 is 26.1 Å². The van der Waals surface area contributed by atoms with E-state index in [-0.39, 0.29) is 6.79 Å². The summed E-state index contributed by atoms with van der Waals surface area (Å²) in [5.41, 5.74) is 4.64. The highest BCUT2D eigenvalue weighted by atomic mass is 16.7. The Kier molecular flexibility index (Phi) is 3.74. The number of nitrogens with one attached hydrogen (secondary N) is 2. The maximum atomic E-state index is 5.47. The Morgan fingerprint density at radius 2 is 2.00 bits per heavy atom. The minimum atomic E-state index is 0.281. The molecule has 0 fully saturated rings. The molecular formula is C14H17N5O2. The first-order chi connectivity index (χ1) is 10.3. The van der Waals surface area contributed by atoms with Crippen molar-refractivity contribution in [3.63, 3.8) is 0 Å². The van der Waals surface area contributed by atoms with Gasteiger partial charge in [0.15, 0.2) is 11.5 Å². The number of nitrogens with two attached hydrogens (primary N) is 1. The van der Waals surface area contributed by atoms with Crippen LogP contribution in [0.5, 0.6) is 11.5 Å². The summed E-state index contributed by atoms with van der Waals surface area (Å²) >= 11 is 0. The summed E-state index contributed by atoms with van der Waals surface area (Å²) in [6.07, 6.45) is 2.26. The summed E-state index contributed by atoms with van der Waals surface area (Å²) in [7, 11) is 0. The third-order valence-corrected chi connectivity index (χ3v) is 3.33. The predicted octanol–water partition coefficient (Wildman–Crippen LogP) is 1.67. The number of fused-ring (bicyclic) bond motifs is 1. The summed E-state index contributed by atoms with van der Waals surface area (Å²) in [4.78, 5) is 8.38. The van der Waals surface area contributed by atoms with Gasteiger partial charge in [0, 0.05) is 12.1 Å². The quantitative estimate of drug-likeness (QED) is 0.568. The number of ether oxygens (including phenoxy) is 2. The van der Waals surface area contributed by atoms with E-state index in [1.165, 1.54) is 6.33 Å². The monoisotopic (exact) mass is 287 g/mol. The number of aromatic nitrogens is 2. The molecule has 0 saturated heterocycles. The fraction of sp³-hybridized carbons (Fsp3) is 0.286. The summed E-state index contributed by atoms with van der Waals surface area (Å²) < 4.78 is 10.7. The second-order valence-electron chi connectivity index (χ2n) is 4.59. The fourth-order valence-corrected chi connectivity index (χ4v) is 2.26. The molecule has 0 bridgehead atoms. The number of hydrogen-bond acceptors (Lipinski definition) is 7. The number of hydrogen-bond donors (Lipinski definition) is 3. The van der Waals surface area contributed by atoms with E-state index >= 15 is 0 Å². The van der Waals surface area contributed by atoms with Gasteiger partial charge in [0.2, 0.25) is 6.79 Å². The van der Waals surface area contributed by atoms with E-state index in [0.717, 1.165) is 34.9 Å².